The maximum atomic E-state index is 12.4. The van der Waals surface area contributed by atoms with Crippen LogP contribution in [0.15, 0.2) is 60.8 Å². The van der Waals surface area contributed by atoms with E-state index < -0.39 is 0 Å². The Balaban J connectivity index is 1.71. The first-order valence-electron chi connectivity index (χ1n) is 8.09. The number of aromatic nitrogens is 2. The van der Waals surface area contributed by atoms with Crippen molar-refractivity contribution in [2.75, 3.05) is 5.32 Å². The number of para-hydroxylation sites is 1. The Hall–Kier alpha value is -3.72. The van der Waals surface area contributed by atoms with Gasteiger partial charge in [-0.05, 0) is 36.2 Å². The third-order valence-corrected chi connectivity index (χ3v) is 3.88. The molecule has 0 bridgehead atoms. The van der Waals surface area contributed by atoms with Gasteiger partial charge in [0.15, 0.2) is 0 Å². The quantitative estimate of drug-likeness (QED) is 0.741. The van der Waals surface area contributed by atoms with Crippen LogP contribution in [0.3, 0.4) is 0 Å². The number of carbonyl (C=O) groups excluding carboxylic acids is 1. The highest BCUT2D eigenvalue weighted by atomic mass is 16.1. The summed E-state index contributed by atoms with van der Waals surface area (Å²) in [6.45, 7) is 2.43. The van der Waals surface area contributed by atoms with Gasteiger partial charge in [-0.1, -0.05) is 36.4 Å². The lowest BCUT2D eigenvalue weighted by Crippen LogP contribution is -2.24. The summed E-state index contributed by atoms with van der Waals surface area (Å²) in [6, 6.07) is 18.6. The van der Waals surface area contributed by atoms with Gasteiger partial charge in [0.2, 0.25) is 5.95 Å². The highest BCUT2D eigenvalue weighted by Gasteiger charge is 2.10. The molecule has 3 aromatic rings. The predicted molar refractivity (Wildman–Crippen MR) is 98.8 cm³/mol. The lowest BCUT2D eigenvalue weighted by molar-refractivity contribution is 0.0946. The highest BCUT2D eigenvalue weighted by molar-refractivity contribution is 5.92. The number of aryl methyl sites for hydroxylation is 1. The first kappa shape index (κ1) is 17.1. The van der Waals surface area contributed by atoms with Crippen LogP contribution < -0.4 is 10.6 Å². The second-order valence-electron chi connectivity index (χ2n) is 5.66. The van der Waals surface area contributed by atoms with Gasteiger partial charge in [-0.25, -0.2) is 9.97 Å². The number of hydrogen-bond donors (Lipinski definition) is 2. The molecule has 0 fully saturated rings. The van der Waals surface area contributed by atoms with Crippen LogP contribution in [0.1, 0.15) is 27.2 Å². The summed E-state index contributed by atoms with van der Waals surface area (Å²) in [5, 5.41) is 15.0. The lowest BCUT2D eigenvalue weighted by Gasteiger charge is -2.09. The molecular formula is C20H17N5O. The Morgan fingerprint density at radius 1 is 1.12 bits per heavy atom. The molecule has 0 aliphatic carbocycles. The van der Waals surface area contributed by atoms with Crippen LogP contribution in [0.5, 0.6) is 0 Å². The summed E-state index contributed by atoms with van der Waals surface area (Å²) in [5.74, 6) is -0.0245. The fraction of sp³-hybridized carbons (Fsp3) is 0.100. The zero-order valence-electron chi connectivity index (χ0n) is 14.2. The van der Waals surface area contributed by atoms with Crippen molar-refractivity contribution in [1.82, 2.24) is 15.3 Å². The second-order valence-corrected chi connectivity index (χ2v) is 5.66. The van der Waals surface area contributed by atoms with Gasteiger partial charge in [0, 0.05) is 12.7 Å². The average molecular weight is 343 g/mol. The number of amides is 1. The van der Waals surface area contributed by atoms with Gasteiger partial charge in [-0.3, -0.25) is 4.79 Å². The summed E-state index contributed by atoms with van der Waals surface area (Å²) in [4.78, 5) is 20.7. The van der Waals surface area contributed by atoms with Crippen LogP contribution >= 0.6 is 0 Å². The van der Waals surface area contributed by atoms with Gasteiger partial charge in [0.25, 0.3) is 5.91 Å². The summed E-state index contributed by atoms with van der Waals surface area (Å²) >= 11 is 0. The number of carbonyl (C=O) groups is 1. The van der Waals surface area contributed by atoms with Gasteiger partial charge in [0.05, 0.1) is 11.3 Å². The minimum absolute atomic E-state index is 0.255. The van der Waals surface area contributed by atoms with Gasteiger partial charge in [0.1, 0.15) is 11.8 Å². The van der Waals surface area contributed by atoms with Crippen molar-refractivity contribution in [2.45, 2.75) is 13.5 Å². The molecule has 0 unspecified atom stereocenters. The molecule has 1 amide bonds. The third kappa shape index (κ3) is 4.02. The van der Waals surface area contributed by atoms with Crippen LogP contribution in [-0.2, 0) is 6.54 Å². The van der Waals surface area contributed by atoms with Gasteiger partial charge in [-0.15, -0.1) is 0 Å². The molecule has 0 saturated carbocycles. The van der Waals surface area contributed by atoms with Crippen molar-refractivity contribution < 1.29 is 4.79 Å². The summed E-state index contributed by atoms with van der Waals surface area (Å²) in [7, 11) is 0. The van der Waals surface area contributed by atoms with E-state index in [-0.39, 0.29) is 17.5 Å². The van der Waals surface area contributed by atoms with Crippen LogP contribution in [0.4, 0.5) is 11.6 Å². The second kappa shape index (κ2) is 7.90. The number of benzene rings is 2. The van der Waals surface area contributed by atoms with Crippen molar-refractivity contribution in [3.8, 4) is 6.07 Å². The molecule has 1 aromatic heterocycles. The number of hydrogen-bond acceptors (Lipinski definition) is 5. The summed E-state index contributed by atoms with van der Waals surface area (Å²) in [5.41, 5.74) is 3.49. The van der Waals surface area contributed by atoms with E-state index in [0.717, 1.165) is 11.1 Å². The fourth-order valence-electron chi connectivity index (χ4n) is 2.43. The fourth-order valence-corrected chi connectivity index (χ4v) is 2.43. The zero-order chi connectivity index (χ0) is 18.4. The van der Waals surface area contributed by atoms with E-state index in [2.05, 4.69) is 26.7 Å². The normalized spacial score (nSPS) is 10.0. The van der Waals surface area contributed by atoms with Crippen molar-refractivity contribution >= 4 is 17.5 Å². The van der Waals surface area contributed by atoms with Crippen LogP contribution in [-0.4, -0.2) is 15.9 Å². The minimum Gasteiger partial charge on any atom is -0.347 e. The Bertz CT molecular complexity index is 978. The average Bonchev–Trinajstić information content (AvgIpc) is 2.68. The highest BCUT2D eigenvalue weighted by Crippen LogP contribution is 2.17. The molecule has 2 N–H and O–H groups in total. The molecule has 0 radical (unpaired) electrons. The van der Waals surface area contributed by atoms with E-state index in [1.807, 2.05) is 37.3 Å². The molecule has 2 aromatic carbocycles. The van der Waals surface area contributed by atoms with Crippen LogP contribution in [0.2, 0.25) is 0 Å². The number of anilines is 2. The summed E-state index contributed by atoms with van der Waals surface area (Å²) < 4.78 is 0. The van der Waals surface area contributed by atoms with Crippen molar-refractivity contribution in [3.63, 3.8) is 0 Å². The number of nitrogens with zero attached hydrogens (tertiary/aromatic N) is 3. The standard InChI is InChI=1S/C20H17N5O/c1-14-6-2-3-8-16(14)13-23-19(26)18-10-11-22-20(25-18)24-17-9-5-4-7-15(17)12-21/h2-11H,13H2,1H3,(H,23,26)(H,22,24,25). The van der Waals surface area contributed by atoms with E-state index >= 15 is 0 Å². The molecule has 0 saturated heterocycles. The van der Waals surface area contributed by atoms with Crippen LogP contribution in [0.25, 0.3) is 0 Å². The molecule has 6 heteroatoms. The third-order valence-electron chi connectivity index (χ3n) is 3.88. The van der Waals surface area contributed by atoms with Gasteiger partial charge >= 0.3 is 0 Å². The molecule has 6 nitrogen and oxygen atoms in total. The molecule has 0 aliphatic rings. The zero-order valence-corrected chi connectivity index (χ0v) is 14.2. The molecular weight excluding hydrogens is 326 g/mol. The molecule has 3 rings (SSSR count). The number of rotatable bonds is 5. The monoisotopic (exact) mass is 343 g/mol. The topological polar surface area (TPSA) is 90.7 Å². The summed E-state index contributed by atoms with van der Waals surface area (Å²) in [6.07, 6.45) is 1.51. The Kier molecular flexibility index (Phi) is 5.20. The number of nitriles is 1. The predicted octanol–water partition coefficient (Wildman–Crippen LogP) is 3.33. The molecule has 0 spiro atoms. The Morgan fingerprint density at radius 2 is 1.88 bits per heavy atom. The molecule has 0 atom stereocenters. The maximum absolute atomic E-state index is 12.4. The first-order chi connectivity index (χ1) is 12.7. The van der Waals surface area contributed by atoms with Crippen molar-refractivity contribution in [2.24, 2.45) is 0 Å². The van der Waals surface area contributed by atoms with Gasteiger partial charge < -0.3 is 10.6 Å². The molecule has 0 aliphatic heterocycles. The molecule has 26 heavy (non-hydrogen) atoms. The minimum atomic E-state index is -0.285. The van der Waals surface area contributed by atoms with Gasteiger partial charge in [-0.2, -0.15) is 5.26 Å². The number of nitrogens with one attached hydrogen (secondary N) is 2. The lowest BCUT2D eigenvalue weighted by atomic mass is 10.1. The van der Waals surface area contributed by atoms with E-state index in [4.69, 9.17) is 5.26 Å². The molecule has 1 heterocycles. The largest absolute Gasteiger partial charge is 0.347 e. The van der Waals surface area contributed by atoms with Crippen molar-refractivity contribution in [3.05, 3.63) is 83.2 Å². The van der Waals surface area contributed by atoms with Crippen molar-refractivity contribution in [1.29, 1.82) is 5.26 Å². The van der Waals surface area contributed by atoms with E-state index in [0.29, 0.717) is 17.8 Å². The SMILES string of the molecule is Cc1ccccc1CNC(=O)c1ccnc(Nc2ccccc2C#N)n1. The van der Waals surface area contributed by atoms with E-state index in [1.54, 1.807) is 24.3 Å². The van der Waals surface area contributed by atoms with E-state index in [9.17, 15) is 4.79 Å². The van der Waals surface area contributed by atoms with Crippen LogP contribution in [0, 0.1) is 18.3 Å². The maximum Gasteiger partial charge on any atom is 0.270 e. The van der Waals surface area contributed by atoms with E-state index in [1.165, 1.54) is 6.20 Å². The first-order valence-corrected chi connectivity index (χ1v) is 8.09. The Labute approximate surface area is 151 Å². The smallest absolute Gasteiger partial charge is 0.270 e. The molecule has 128 valence electrons. The Morgan fingerprint density at radius 3 is 2.69 bits per heavy atom.